The van der Waals surface area contributed by atoms with Crippen LogP contribution in [0.5, 0.6) is 0 Å². The van der Waals surface area contributed by atoms with Crippen molar-refractivity contribution in [3.63, 3.8) is 0 Å². The van der Waals surface area contributed by atoms with Crippen LogP contribution in [0, 0.1) is 10.1 Å². The van der Waals surface area contributed by atoms with E-state index in [1.807, 2.05) is 6.92 Å². The van der Waals surface area contributed by atoms with Crippen molar-refractivity contribution in [2.75, 3.05) is 17.2 Å². The van der Waals surface area contributed by atoms with Gasteiger partial charge in [-0.15, -0.1) is 0 Å². The highest BCUT2D eigenvalue weighted by Gasteiger charge is 2.20. The molecule has 0 aliphatic carbocycles. The maximum absolute atomic E-state index is 11.2. The van der Waals surface area contributed by atoms with Crippen LogP contribution >= 0.6 is 0 Å². The van der Waals surface area contributed by atoms with Crippen molar-refractivity contribution in [1.29, 1.82) is 0 Å². The molecule has 1 aromatic carbocycles. The summed E-state index contributed by atoms with van der Waals surface area (Å²) < 4.78 is 0. The van der Waals surface area contributed by atoms with Gasteiger partial charge in [0.15, 0.2) is 0 Å². The minimum Gasteiger partial charge on any atom is -0.379 e. The van der Waals surface area contributed by atoms with Crippen molar-refractivity contribution < 1.29 is 9.72 Å². The van der Waals surface area contributed by atoms with Gasteiger partial charge in [-0.2, -0.15) is 0 Å². The van der Waals surface area contributed by atoms with E-state index in [-0.39, 0.29) is 18.2 Å². The van der Waals surface area contributed by atoms with E-state index in [2.05, 4.69) is 10.6 Å². The van der Waals surface area contributed by atoms with Crippen molar-refractivity contribution in [1.82, 2.24) is 0 Å². The third-order valence-electron chi connectivity index (χ3n) is 2.69. The van der Waals surface area contributed by atoms with E-state index in [1.165, 1.54) is 0 Å². The summed E-state index contributed by atoms with van der Waals surface area (Å²) in [5.41, 5.74) is 5.94. The molecule has 0 bridgehead atoms. The molecule has 1 aromatic rings. The molecule has 110 valence electrons. The standard InChI is InChI=1S/C13H20N4O3/c1-3-7-15-10-5-4-6-11(13(10)17(19)20)16-9(2)8-12(14)18/h4-6,9,15-16H,3,7-8H2,1-2H3,(H2,14,18). The van der Waals surface area contributed by atoms with Crippen LogP contribution in [-0.4, -0.2) is 23.4 Å². The molecule has 4 N–H and O–H groups in total. The number of nitro benzene ring substituents is 1. The van der Waals surface area contributed by atoms with Gasteiger partial charge in [-0.25, -0.2) is 0 Å². The summed E-state index contributed by atoms with van der Waals surface area (Å²) in [5, 5.41) is 17.2. The number of hydrogen-bond donors (Lipinski definition) is 3. The number of nitrogens with one attached hydrogen (secondary N) is 2. The van der Waals surface area contributed by atoms with Crippen LogP contribution in [0.15, 0.2) is 18.2 Å². The normalized spacial score (nSPS) is 11.7. The summed E-state index contributed by atoms with van der Waals surface area (Å²) >= 11 is 0. The van der Waals surface area contributed by atoms with E-state index in [9.17, 15) is 14.9 Å². The highest BCUT2D eigenvalue weighted by atomic mass is 16.6. The summed E-state index contributed by atoms with van der Waals surface area (Å²) in [5.74, 6) is -0.451. The Morgan fingerprint density at radius 3 is 2.65 bits per heavy atom. The predicted octanol–water partition coefficient (Wildman–Crippen LogP) is 2.09. The molecule has 0 aliphatic heterocycles. The lowest BCUT2D eigenvalue weighted by Crippen LogP contribution is -2.24. The molecule has 0 heterocycles. The van der Waals surface area contributed by atoms with Gasteiger partial charge in [-0.3, -0.25) is 14.9 Å². The Labute approximate surface area is 117 Å². The lowest BCUT2D eigenvalue weighted by molar-refractivity contribution is -0.383. The zero-order valence-electron chi connectivity index (χ0n) is 11.7. The number of primary amides is 1. The highest BCUT2D eigenvalue weighted by molar-refractivity contribution is 5.78. The lowest BCUT2D eigenvalue weighted by Gasteiger charge is -2.15. The summed E-state index contributed by atoms with van der Waals surface area (Å²) in [6.45, 7) is 4.39. The van der Waals surface area contributed by atoms with E-state index in [0.717, 1.165) is 6.42 Å². The number of amides is 1. The van der Waals surface area contributed by atoms with Crippen LogP contribution in [0.1, 0.15) is 26.7 Å². The fourth-order valence-electron chi connectivity index (χ4n) is 1.88. The molecule has 0 saturated carbocycles. The van der Waals surface area contributed by atoms with Crippen molar-refractivity contribution in [3.05, 3.63) is 28.3 Å². The molecule has 0 saturated heterocycles. The second-order valence-electron chi connectivity index (χ2n) is 4.60. The number of carbonyl (C=O) groups is 1. The van der Waals surface area contributed by atoms with Crippen LogP contribution in [0.4, 0.5) is 17.1 Å². The lowest BCUT2D eigenvalue weighted by atomic mass is 10.1. The third kappa shape index (κ3) is 4.42. The van der Waals surface area contributed by atoms with Crippen molar-refractivity contribution in [3.8, 4) is 0 Å². The second-order valence-corrected chi connectivity index (χ2v) is 4.60. The zero-order valence-corrected chi connectivity index (χ0v) is 11.7. The number of benzene rings is 1. The number of hydrogen-bond acceptors (Lipinski definition) is 5. The molecule has 1 unspecified atom stereocenters. The maximum atomic E-state index is 11.2. The first-order valence-electron chi connectivity index (χ1n) is 6.51. The number of nitrogens with two attached hydrogens (primary N) is 1. The Morgan fingerprint density at radius 1 is 1.45 bits per heavy atom. The van der Waals surface area contributed by atoms with Gasteiger partial charge < -0.3 is 16.4 Å². The summed E-state index contributed by atoms with van der Waals surface area (Å²) in [6.07, 6.45) is 0.983. The summed E-state index contributed by atoms with van der Waals surface area (Å²) in [7, 11) is 0. The Kier molecular flexibility index (Phi) is 5.76. The third-order valence-corrected chi connectivity index (χ3v) is 2.69. The van der Waals surface area contributed by atoms with Gasteiger partial charge in [0.25, 0.3) is 0 Å². The van der Waals surface area contributed by atoms with E-state index < -0.39 is 10.8 Å². The molecule has 0 aliphatic rings. The van der Waals surface area contributed by atoms with Gasteiger partial charge in [-0.1, -0.05) is 13.0 Å². The number of nitrogens with zero attached hydrogens (tertiary/aromatic N) is 1. The number of nitro groups is 1. The van der Waals surface area contributed by atoms with Gasteiger partial charge in [0, 0.05) is 19.0 Å². The van der Waals surface area contributed by atoms with Gasteiger partial charge in [0.2, 0.25) is 5.91 Å². The number of anilines is 2. The van der Waals surface area contributed by atoms with Crippen molar-refractivity contribution in [2.45, 2.75) is 32.7 Å². The van der Waals surface area contributed by atoms with Gasteiger partial charge in [0.1, 0.15) is 11.4 Å². The molecule has 0 radical (unpaired) electrons. The molecule has 0 spiro atoms. The van der Waals surface area contributed by atoms with Crippen LogP contribution in [0.3, 0.4) is 0 Å². The molecule has 20 heavy (non-hydrogen) atoms. The largest absolute Gasteiger partial charge is 0.379 e. The Balaban J connectivity index is 2.99. The second kappa shape index (κ2) is 7.32. The smallest absolute Gasteiger partial charge is 0.315 e. The van der Waals surface area contributed by atoms with Crippen molar-refractivity contribution >= 4 is 23.0 Å². The maximum Gasteiger partial charge on any atom is 0.315 e. The molecular formula is C13H20N4O3. The fourth-order valence-corrected chi connectivity index (χ4v) is 1.88. The van der Waals surface area contributed by atoms with E-state index in [0.29, 0.717) is 17.9 Å². The fraction of sp³-hybridized carbons (Fsp3) is 0.462. The quantitative estimate of drug-likeness (QED) is 0.499. The molecule has 1 amide bonds. The molecule has 7 nitrogen and oxygen atoms in total. The molecule has 1 rings (SSSR count). The minimum absolute atomic E-state index is 0.0164. The number of carbonyl (C=O) groups excluding carboxylic acids is 1. The molecule has 0 fully saturated rings. The molecule has 7 heteroatoms. The highest BCUT2D eigenvalue weighted by Crippen LogP contribution is 2.33. The Bertz CT molecular complexity index is 491. The number of rotatable bonds is 8. The van der Waals surface area contributed by atoms with Crippen LogP contribution in [-0.2, 0) is 4.79 Å². The van der Waals surface area contributed by atoms with Gasteiger partial charge in [-0.05, 0) is 25.5 Å². The average Bonchev–Trinajstić information content (AvgIpc) is 2.34. The first kappa shape index (κ1) is 15.7. The minimum atomic E-state index is -0.451. The van der Waals surface area contributed by atoms with Gasteiger partial charge >= 0.3 is 5.69 Å². The zero-order chi connectivity index (χ0) is 15.1. The average molecular weight is 280 g/mol. The topological polar surface area (TPSA) is 110 Å². The first-order valence-corrected chi connectivity index (χ1v) is 6.51. The molecule has 0 aromatic heterocycles. The van der Waals surface area contributed by atoms with E-state index >= 15 is 0 Å². The summed E-state index contributed by atoms with van der Waals surface area (Å²) in [6, 6.07) is 4.74. The first-order chi connectivity index (χ1) is 9.45. The molecular weight excluding hydrogens is 260 g/mol. The van der Waals surface area contributed by atoms with Crippen LogP contribution in [0.2, 0.25) is 0 Å². The Morgan fingerprint density at radius 2 is 2.10 bits per heavy atom. The van der Waals surface area contributed by atoms with Crippen molar-refractivity contribution in [2.24, 2.45) is 5.73 Å². The summed E-state index contributed by atoms with van der Waals surface area (Å²) in [4.78, 5) is 21.7. The Hall–Kier alpha value is -2.31. The van der Waals surface area contributed by atoms with Gasteiger partial charge in [0.05, 0.1) is 4.92 Å². The van der Waals surface area contributed by atoms with Crippen LogP contribution < -0.4 is 16.4 Å². The van der Waals surface area contributed by atoms with E-state index in [1.54, 1.807) is 25.1 Å². The van der Waals surface area contributed by atoms with Crippen LogP contribution in [0.25, 0.3) is 0 Å². The number of para-hydroxylation sites is 1. The predicted molar refractivity (Wildman–Crippen MR) is 78.8 cm³/mol. The monoisotopic (exact) mass is 280 g/mol. The molecule has 1 atom stereocenters. The SMILES string of the molecule is CCCNc1cccc(NC(C)CC(N)=O)c1[N+](=O)[O-]. The van der Waals surface area contributed by atoms with E-state index in [4.69, 9.17) is 5.73 Å².